The topological polar surface area (TPSA) is 109 Å². The SMILES string of the molecule is NCC(N)(c1cc(-c2ccc(F)cc2)n[nH]1)c1cc(-c2ccc(F)cc2)n[nH]1. The number of rotatable bonds is 5. The molecule has 0 saturated heterocycles. The van der Waals surface area contributed by atoms with Crippen molar-refractivity contribution in [2.45, 2.75) is 5.54 Å². The number of hydrogen-bond acceptors (Lipinski definition) is 4. The summed E-state index contributed by atoms with van der Waals surface area (Å²) in [5.41, 5.74) is 15.4. The van der Waals surface area contributed by atoms with Gasteiger partial charge in [0.25, 0.3) is 0 Å². The van der Waals surface area contributed by atoms with E-state index in [4.69, 9.17) is 11.5 Å². The average molecular weight is 380 g/mol. The predicted molar refractivity (Wildman–Crippen MR) is 102 cm³/mol. The highest BCUT2D eigenvalue weighted by molar-refractivity contribution is 5.62. The van der Waals surface area contributed by atoms with E-state index >= 15 is 0 Å². The third-order valence-corrected chi connectivity index (χ3v) is 4.72. The lowest BCUT2D eigenvalue weighted by Crippen LogP contribution is -2.45. The predicted octanol–water partition coefficient (Wildman–Crippen LogP) is 2.91. The number of benzene rings is 2. The fourth-order valence-electron chi connectivity index (χ4n) is 3.00. The quantitative estimate of drug-likeness (QED) is 0.427. The maximum Gasteiger partial charge on any atom is 0.123 e. The van der Waals surface area contributed by atoms with Gasteiger partial charge in [-0.3, -0.25) is 10.2 Å². The minimum Gasteiger partial charge on any atom is -0.328 e. The Bertz CT molecular complexity index is 999. The zero-order valence-corrected chi connectivity index (χ0v) is 14.8. The van der Waals surface area contributed by atoms with Gasteiger partial charge >= 0.3 is 0 Å². The molecule has 0 saturated carbocycles. The highest BCUT2D eigenvalue weighted by Crippen LogP contribution is 2.29. The van der Waals surface area contributed by atoms with Crippen molar-refractivity contribution >= 4 is 0 Å². The molecule has 2 aromatic heterocycles. The number of hydrogen-bond donors (Lipinski definition) is 4. The van der Waals surface area contributed by atoms with Gasteiger partial charge in [0.2, 0.25) is 0 Å². The number of halogens is 2. The smallest absolute Gasteiger partial charge is 0.123 e. The maximum absolute atomic E-state index is 13.1. The fourth-order valence-corrected chi connectivity index (χ4v) is 3.00. The minimum atomic E-state index is -1.09. The Balaban J connectivity index is 1.67. The second-order valence-electron chi connectivity index (χ2n) is 6.52. The van der Waals surface area contributed by atoms with Gasteiger partial charge in [-0.1, -0.05) is 0 Å². The minimum absolute atomic E-state index is 0.0864. The van der Waals surface area contributed by atoms with Crippen LogP contribution in [0.5, 0.6) is 0 Å². The molecule has 6 nitrogen and oxygen atoms in total. The summed E-state index contributed by atoms with van der Waals surface area (Å²) in [5.74, 6) is -0.638. The molecule has 0 aliphatic rings. The summed E-state index contributed by atoms with van der Waals surface area (Å²) in [5, 5.41) is 14.4. The Hall–Kier alpha value is -3.36. The molecule has 2 aromatic carbocycles. The van der Waals surface area contributed by atoms with E-state index in [2.05, 4.69) is 20.4 Å². The Labute approximate surface area is 159 Å². The molecule has 0 spiro atoms. The number of aromatic amines is 2. The van der Waals surface area contributed by atoms with Crippen molar-refractivity contribution in [1.82, 2.24) is 20.4 Å². The van der Waals surface area contributed by atoms with Crippen molar-refractivity contribution < 1.29 is 8.78 Å². The molecule has 4 aromatic rings. The van der Waals surface area contributed by atoms with Crippen LogP contribution < -0.4 is 11.5 Å². The summed E-state index contributed by atoms with van der Waals surface area (Å²) in [6.07, 6.45) is 0. The molecular weight excluding hydrogens is 362 g/mol. The summed E-state index contributed by atoms with van der Waals surface area (Å²) in [4.78, 5) is 0. The van der Waals surface area contributed by atoms with Crippen LogP contribution in [-0.4, -0.2) is 26.9 Å². The van der Waals surface area contributed by atoms with E-state index in [1.807, 2.05) is 0 Å². The van der Waals surface area contributed by atoms with Crippen LogP contribution in [0.15, 0.2) is 60.7 Å². The molecule has 0 aliphatic heterocycles. The lowest BCUT2D eigenvalue weighted by atomic mass is 9.91. The van der Waals surface area contributed by atoms with Crippen LogP contribution in [-0.2, 0) is 5.54 Å². The summed E-state index contributed by atoms with van der Waals surface area (Å²) in [7, 11) is 0. The number of nitrogens with one attached hydrogen (secondary N) is 2. The molecule has 0 fully saturated rings. The van der Waals surface area contributed by atoms with E-state index in [1.165, 1.54) is 24.3 Å². The van der Waals surface area contributed by atoms with Gasteiger partial charge in [-0.25, -0.2) is 8.78 Å². The van der Waals surface area contributed by atoms with E-state index in [9.17, 15) is 8.78 Å². The van der Waals surface area contributed by atoms with Crippen LogP contribution in [0.4, 0.5) is 8.78 Å². The van der Waals surface area contributed by atoms with E-state index in [-0.39, 0.29) is 18.2 Å². The third-order valence-electron chi connectivity index (χ3n) is 4.72. The highest BCUT2D eigenvalue weighted by atomic mass is 19.1. The number of nitrogens with two attached hydrogens (primary N) is 2. The first kappa shape index (κ1) is 18.0. The normalized spacial score (nSPS) is 11.7. The lowest BCUT2D eigenvalue weighted by molar-refractivity contribution is 0.515. The van der Waals surface area contributed by atoms with Crippen molar-refractivity contribution in [3.8, 4) is 22.5 Å². The molecule has 8 heteroatoms. The van der Waals surface area contributed by atoms with Crippen LogP contribution in [0.1, 0.15) is 11.4 Å². The number of nitrogens with zero attached hydrogens (tertiary/aromatic N) is 2. The molecule has 0 aliphatic carbocycles. The largest absolute Gasteiger partial charge is 0.328 e. The molecular formula is C20H18F2N6. The monoisotopic (exact) mass is 380 g/mol. The molecule has 0 amide bonds. The van der Waals surface area contributed by atoms with Crippen molar-refractivity contribution in [1.29, 1.82) is 0 Å². The van der Waals surface area contributed by atoms with Gasteiger partial charge < -0.3 is 11.5 Å². The molecule has 142 valence electrons. The lowest BCUT2D eigenvalue weighted by Gasteiger charge is -2.24. The van der Waals surface area contributed by atoms with Gasteiger partial charge in [0.15, 0.2) is 0 Å². The van der Waals surface area contributed by atoms with Crippen molar-refractivity contribution in [3.63, 3.8) is 0 Å². The van der Waals surface area contributed by atoms with E-state index in [1.54, 1.807) is 36.4 Å². The summed E-state index contributed by atoms with van der Waals surface area (Å²) in [6.45, 7) is 0.0864. The van der Waals surface area contributed by atoms with Gasteiger partial charge in [-0.15, -0.1) is 0 Å². The van der Waals surface area contributed by atoms with Crippen LogP contribution in [0.25, 0.3) is 22.5 Å². The fraction of sp³-hybridized carbons (Fsp3) is 0.100. The van der Waals surface area contributed by atoms with Crippen LogP contribution in [0.3, 0.4) is 0 Å². The Morgan fingerprint density at radius 3 is 1.50 bits per heavy atom. The highest BCUT2D eigenvalue weighted by Gasteiger charge is 2.33. The molecule has 0 atom stereocenters. The standard InChI is InChI=1S/C20H18F2N6/c21-14-5-1-12(2-6-14)16-9-18(27-25-16)20(24,11-23)19-10-17(26-28-19)13-3-7-15(22)8-4-13/h1-10H,11,23-24H2,(H,25,27)(H,26,28). The summed E-state index contributed by atoms with van der Waals surface area (Å²) < 4.78 is 26.3. The van der Waals surface area contributed by atoms with E-state index < -0.39 is 5.54 Å². The van der Waals surface area contributed by atoms with Gasteiger partial charge in [-0.2, -0.15) is 10.2 Å². The molecule has 0 radical (unpaired) electrons. The first-order chi connectivity index (χ1) is 13.5. The van der Waals surface area contributed by atoms with E-state index in [0.29, 0.717) is 22.8 Å². The van der Waals surface area contributed by atoms with E-state index in [0.717, 1.165) is 11.1 Å². The zero-order chi connectivity index (χ0) is 19.7. The second kappa shape index (κ2) is 6.99. The van der Waals surface area contributed by atoms with Crippen LogP contribution >= 0.6 is 0 Å². The zero-order valence-electron chi connectivity index (χ0n) is 14.8. The van der Waals surface area contributed by atoms with Crippen molar-refractivity contribution in [3.05, 3.63) is 83.7 Å². The Kier molecular flexibility index (Phi) is 4.50. The molecule has 6 N–H and O–H groups in total. The van der Waals surface area contributed by atoms with Gasteiger partial charge in [0.1, 0.15) is 17.2 Å². The van der Waals surface area contributed by atoms with Gasteiger partial charge in [0.05, 0.1) is 22.8 Å². The summed E-state index contributed by atoms with van der Waals surface area (Å²) in [6, 6.07) is 15.6. The third kappa shape index (κ3) is 3.19. The Morgan fingerprint density at radius 1 is 0.750 bits per heavy atom. The number of H-pyrrole nitrogens is 2. The second-order valence-corrected chi connectivity index (χ2v) is 6.52. The molecule has 0 bridgehead atoms. The Morgan fingerprint density at radius 2 is 1.14 bits per heavy atom. The molecule has 4 rings (SSSR count). The number of aromatic nitrogens is 4. The molecule has 0 unspecified atom stereocenters. The van der Waals surface area contributed by atoms with Gasteiger partial charge in [0, 0.05) is 17.7 Å². The first-order valence-corrected chi connectivity index (χ1v) is 8.62. The summed E-state index contributed by atoms with van der Waals surface area (Å²) >= 11 is 0. The maximum atomic E-state index is 13.1. The first-order valence-electron chi connectivity index (χ1n) is 8.62. The van der Waals surface area contributed by atoms with Crippen molar-refractivity contribution in [2.24, 2.45) is 11.5 Å². The van der Waals surface area contributed by atoms with Gasteiger partial charge in [-0.05, 0) is 60.7 Å². The molecule has 28 heavy (non-hydrogen) atoms. The average Bonchev–Trinajstić information content (AvgIpc) is 3.39. The van der Waals surface area contributed by atoms with Crippen LogP contribution in [0.2, 0.25) is 0 Å². The molecule has 2 heterocycles. The van der Waals surface area contributed by atoms with Crippen LogP contribution in [0, 0.1) is 11.6 Å². The van der Waals surface area contributed by atoms with Crippen molar-refractivity contribution in [2.75, 3.05) is 6.54 Å².